The van der Waals surface area contributed by atoms with E-state index < -0.39 is 7.95 Å². The Morgan fingerprint density at radius 1 is 2.00 bits per heavy atom. The Bertz CT molecular complexity index is 71.2. The van der Waals surface area contributed by atoms with Gasteiger partial charge in [0.25, 0.3) is 0 Å². The van der Waals surface area contributed by atoms with Crippen molar-refractivity contribution < 1.29 is 4.57 Å². The van der Waals surface area contributed by atoms with Gasteiger partial charge >= 0.3 is 0 Å². The fourth-order valence-corrected chi connectivity index (χ4v) is 0.427. The minimum atomic E-state index is -1.75. The van der Waals surface area contributed by atoms with Gasteiger partial charge in [-0.15, -0.1) is 6.58 Å². The molecule has 0 amide bonds. The van der Waals surface area contributed by atoms with Crippen LogP contribution in [-0.2, 0) is 4.57 Å². The summed E-state index contributed by atoms with van der Waals surface area (Å²) < 4.78 is 9.94. The van der Waals surface area contributed by atoms with Crippen LogP contribution in [0.15, 0.2) is 12.7 Å². The molecule has 0 rings (SSSR count). The standard InChI is InChI=1S/C3H8NOP/c1-2-3-6(4)5/h2,6H,1,3H2,(H2,4,5). The van der Waals surface area contributed by atoms with E-state index in [1.807, 2.05) is 0 Å². The van der Waals surface area contributed by atoms with E-state index in [0.29, 0.717) is 6.16 Å². The summed E-state index contributed by atoms with van der Waals surface area (Å²) in [5.41, 5.74) is 4.88. The summed E-state index contributed by atoms with van der Waals surface area (Å²) in [6, 6.07) is 0. The van der Waals surface area contributed by atoms with Crippen LogP contribution >= 0.6 is 7.95 Å². The average Bonchev–Trinajstić information content (AvgIpc) is 1.35. The van der Waals surface area contributed by atoms with Crippen molar-refractivity contribution in [3.63, 3.8) is 0 Å². The molecule has 0 heterocycles. The van der Waals surface area contributed by atoms with Gasteiger partial charge in [0.1, 0.15) is 7.95 Å². The Kier molecular flexibility index (Phi) is 3.10. The molecule has 2 nitrogen and oxygen atoms in total. The third-order valence-electron chi connectivity index (χ3n) is 0.346. The summed E-state index contributed by atoms with van der Waals surface area (Å²) in [6.07, 6.45) is 2.02. The molecule has 0 aromatic heterocycles. The topological polar surface area (TPSA) is 43.1 Å². The van der Waals surface area contributed by atoms with Crippen molar-refractivity contribution in [1.82, 2.24) is 0 Å². The van der Waals surface area contributed by atoms with Crippen LogP contribution in [-0.4, -0.2) is 6.16 Å². The van der Waals surface area contributed by atoms with Gasteiger partial charge in [-0.3, -0.25) is 5.50 Å². The van der Waals surface area contributed by atoms with Gasteiger partial charge in [0.2, 0.25) is 0 Å². The normalized spacial score (nSPS) is 13.5. The van der Waals surface area contributed by atoms with Crippen LogP contribution in [0.3, 0.4) is 0 Å². The monoisotopic (exact) mass is 105 g/mol. The first-order valence-corrected chi connectivity index (χ1v) is 3.36. The SMILES string of the molecule is C=CC[PH](N)=O. The molecule has 0 bridgehead atoms. The Balaban J connectivity index is 3.05. The summed E-state index contributed by atoms with van der Waals surface area (Å²) in [5.74, 6) is 0. The summed E-state index contributed by atoms with van der Waals surface area (Å²) in [6.45, 7) is 3.35. The minimum Gasteiger partial charge on any atom is -0.310 e. The van der Waals surface area contributed by atoms with Crippen molar-refractivity contribution in [3.05, 3.63) is 12.7 Å². The van der Waals surface area contributed by atoms with Gasteiger partial charge in [0.05, 0.1) is 0 Å². The van der Waals surface area contributed by atoms with Crippen molar-refractivity contribution in [2.75, 3.05) is 6.16 Å². The zero-order valence-electron chi connectivity index (χ0n) is 3.48. The van der Waals surface area contributed by atoms with Gasteiger partial charge in [-0.05, 0) is 0 Å². The highest BCUT2D eigenvalue weighted by molar-refractivity contribution is 7.42. The number of allylic oxidation sites excluding steroid dienone is 1. The predicted molar refractivity (Wildman–Crippen MR) is 28.3 cm³/mol. The molecule has 0 saturated heterocycles. The van der Waals surface area contributed by atoms with Crippen molar-refractivity contribution in [1.29, 1.82) is 0 Å². The maximum atomic E-state index is 9.94. The van der Waals surface area contributed by atoms with E-state index in [0.717, 1.165) is 0 Å². The number of nitrogens with two attached hydrogens (primary N) is 1. The van der Waals surface area contributed by atoms with E-state index in [-0.39, 0.29) is 0 Å². The number of rotatable bonds is 2. The van der Waals surface area contributed by atoms with Gasteiger partial charge in [0.15, 0.2) is 0 Å². The lowest BCUT2D eigenvalue weighted by Gasteiger charge is -1.78. The third-order valence-corrected chi connectivity index (χ3v) is 1.04. The molecule has 0 saturated carbocycles. The van der Waals surface area contributed by atoms with E-state index in [9.17, 15) is 4.57 Å². The highest BCUT2D eigenvalue weighted by Crippen LogP contribution is 2.04. The lowest BCUT2D eigenvalue weighted by atomic mass is 10.8. The molecule has 0 aliphatic heterocycles. The van der Waals surface area contributed by atoms with Crippen LogP contribution in [0.25, 0.3) is 0 Å². The van der Waals surface area contributed by atoms with Gasteiger partial charge in [0, 0.05) is 6.16 Å². The predicted octanol–water partition coefficient (Wildman–Crippen LogP) is 0.606. The van der Waals surface area contributed by atoms with Crippen LogP contribution in [0.5, 0.6) is 0 Å². The third kappa shape index (κ3) is 3.93. The summed E-state index contributed by atoms with van der Waals surface area (Å²) >= 11 is 0. The Morgan fingerprint density at radius 3 is 2.50 bits per heavy atom. The Labute approximate surface area is 37.9 Å². The second kappa shape index (κ2) is 3.13. The first kappa shape index (κ1) is 5.93. The molecule has 1 atom stereocenters. The van der Waals surface area contributed by atoms with Gasteiger partial charge in [-0.25, -0.2) is 0 Å². The molecule has 0 fully saturated rings. The van der Waals surface area contributed by atoms with E-state index in [1.54, 1.807) is 6.08 Å². The van der Waals surface area contributed by atoms with E-state index in [4.69, 9.17) is 5.50 Å². The van der Waals surface area contributed by atoms with E-state index >= 15 is 0 Å². The molecule has 0 aromatic carbocycles. The molecule has 3 heteroatoms. The van der Waals surface area contributed by atoms with Crippen molar-refractivity contribution in [2.24, 2.45) is 5.50 Å². The van der Waals surface area contributed by atoms with Crippen molar-refractivity contribution >= 4 is 7.95 Å². The lowest BCUT2D eigenvalue weighted by molar-refractivity contribution is 0.590. The minimum absolute atomic E-state index is 0.463. The zero-order chi connectivity index (χ0) is 4.99. The van der Waals surface area contributed by atoms with Gasteiger partial charge < -0.3 is 4.57 Å². The maximum absolute atomic E-state index is 9.94. The first-order valence-electron chi connectivity index (χ1n) is 1.66. The van der Waals surface area contributed by atoms with E-state index in [1.165, 1.54) is 0 Å². The zero-order valence-corrected chi connectivity index (χ0v) is 4.48. The Hall–Kier alpha value is -0.0700. The van der Waals surface area contributed by atoms with Gasteiger partial charge in [-0.2, -0.15) is 0 Å². The molecule has 36 valence electrons. The van der Waals surface area contributed by atoms with Crippen molar-refractivity contribution in [3.8, 4) is 0 Å². The lowest BCUT2D eigenvalue weighted by Crippen LogP contribution is -1.78. The first-order chi connectivity index (χ1) is 2.77. The molecule has 0 spiro atoms. The van der Waals surface area contributed by atoms with E-state index in [2.05, 4.69) is 6.58 Å². The summed E-state index contributed by atoms with van der Waals surface area (Å²) in [4.78, 5) is 0. The largest absolute Gasteiger partial charge is 0.310 e. The van der Waals surface area contributed by atoms with Gasteiger partial charge in [-0.1, -0.05) is 6.08 Å². The smallest absolute Gasteiger partial charge is 0.137 e. The average molecular weight is 105 g/mol. The van der Waals surface area contributed by atoms with Crippen LogP contribution < -0.4 is 5.50 Å². The van der Waals surface area contributed by atoms with Crippen LogP contribution in [0.2, 0.25) is 0 Å². The summed E-state index contributed by atoms with van der Waals surface area (Å²) in [5, 5.41) is 0. The molecule has 2 N–H and O–H groups in total. The second-order valence-corrected chi connectivity index (χ2v) is 2.30. The number of hydrogen-bond donors (Lipinski definition) is 1. The molecular weight excluding hydrogens is 97.0 g/mol. The van der Waals surface area contributed by atoms with Crippen molar-refractivity contribution in [2.45, 2.75) is 0 Å². The summed E-state index contributed by atoms with van der Waals surface area (Å²) in [7, 11) is -1.75. The molecule has 0 aliphatic carbocycles. The van der Waals surface area contributed by atoms with Crippen LogP contribution in [0.4, 0.5) is 0 Å². The fourth-order valence-electron chi connectivity index (χ4n) is 0.142. The molecule has 6 heavy (non-hydrogen) atoms. The van der Waals surface area contributed by atoms with Crippen LogP contribution in [0, 0.1) is 0 Å². The molecule has 0 radical (unpaired) electrons. The highest BCUT2D eigenvalue weighted by Gasteiger charge is 1.77. The second-order valence-electron chi connectivity index (χ2n) is 0.959. The molecule has 1 unspecified atom stereocenters. The highest BCUT2D eigenvalue weighted by atomic mass is 31.1. The quantitative estimate of drug-likeness (QED) is 0.413. The number of hydrogen-bond acceptors (Lipinski definition) is 1. The maximum Gasteiger partial charge on any atom is 0.137 e. The molecular formula is C3H8NOP. The molecule has 0 aromatic rings. The van der Waals surface area contributed by atoms with Crippen LogP contribution in [0.1, 0.15) is 0 Å². The fraction of sp³-hybridized carbons (Fsp3) is 0.333. The molecule has 0 aliphatic rings. The Morgan fingerprint density at radius 2 is 2.50 bits per heavy atom.